The van der Waals surface area contributed by atoms with Gasteiger partial charge in [0.2, 0.25) is 0 Å². The fraction of sp³-hybridized carbons (Fsp3) is 0.647. The van der Waals surface area contributed by atoms with Crippen molar-refractivity contribution in [3.8, 4) is 0 Å². The molecule has 0 aromatic heterocycles. The lowest BCUT2D eigenvalue weighted by atomic mass is 10.1. The number of hydrogen-bond acceptors (Lipinski definition) is 5. The summed E-state index contributed by atoms with van der Waals surface area (Å²) in [6.07, 6.45) is -0.178. The van der Waals surface area contributed by atoms with Crippen molar-refractivity contribution in [2.45, 2.75) is 31.8 Å². The van der Waals surface area contributed by atoms with E-state index in [1.165, 1.54) is 5.69 Å². The second kappa shape index (κ2) is 7.40. The topological polar surface area (TPSA) is 73.7 Å². The summed E-state index contributed by atoms with van der Waals surface area (Å²) in [6.45, 7) is 8.79. The average Bonchev–Trinajstić information content (AvgIpc) is 2.96. The van der Waals surface area contributed by atoms with Gasteiger partial charge in [-0.25, -0.2) is 0 Å². The van der Waals surface area contributed by atoms with Gasteiger partial charge in [0.25, 0.3) is 0 Å². The third-order valence-electron chi connectivity index (χ3n) is 4.60. The summed E-state index contributed by atoms with van der Waals surface area (Å²) < 4.78 is 11.5. The number of anilines is 1. The van der Waals surface area contributed by atoms with Crippen molar-refractivity contribution in [3.05, 3.63) is 40.8 Å². The van der Waals surface area contributed by atoms with Gasteiger partial charge in [0, 0.05) is 43.3 Å². The largest absolute Gasteiger partial charge is 0.369 e. The molecule has 2 fully saturated rings. The van der Waals surface area contributed by atoms with Crippen molar-refractivity contribution in [1.29, 1.82) is 0 Å². The summed E-state index contributed by atoms with van der Waals surface area (Å²) in [7, 11) is 0. The van der Waals surface area contributed by atoms with Crippen molar-refractivity contribution in [2.75, 3.05) is 44.2 Å². The summed E-state index contributed by atoms with van der Waals surface area (Å²) in [5, 5.41) is 3.96. The van der Waals surface area contributed by atoms with Crippen molar-refractivity contribution in [1.82, 2.24) is 4.90 Å². The standard InChI is InChI=1S/C17H25N5O2/c1-17(2)23-13-16(24-17)15(19-20-18)12-21-8-10-22(11-9-21)14-6-4-3-5-7-14/h3-7,15-16H,8-13H2,1-2H3/t15-,16+/m1/s1. The van der Waals surface area contributed by atoms with Crippen LogP contribution in [0.5, 0.6) is 0 Å². The highest BCUT2D eigenvalue weighted by Gasteiger charge is 2.37. The number of hydrogen-bond donors (Lipinski definition) is 0. The maximum atomic E-state index is 8.88. The Morgan fingerprint density at radius 3 is 2.54 bits per heavy atom. The Kier molecular flexibility index (Phi) is 5.26. The lowest BCUT2D eigenvalue weighted by Crippen LogP contribution is -2.50. The van der Waals surface area contributed by atoms with Crippen LogP contribution in [-0.4, -0.2) is 62.2 Å². The average molecular weight is 331 g/mol. The molecule has 2 aliphatic heterocycles. The van der Waals surface area contributed by atoms with Crippen LogP contribution < -0.4 is 4.90 Å². The Hall–Kier alpha value is -1.79. The van der Waals surface area contributed by atoms with E-state index in [-0.39, 0.29) is 12.1 Å². The third-order valence-corrected chi connectivity index (χ3v) is 4.60. The molecule has 0 spiro atoms. The van der Waals surface area contributed by atoms with Crippen LogP contribution in [0.2, 0.25) is 0 Å². The predicted molar refractivity (Wildman–Crippen MR) is 92.9 cm³/mol. The molecular formula is C17H25N5O2. The molecule has 2 atom stereocenters. The lowest BCUT2D eigenvalue weighted by Gasteiger charge is -2.37. The van der Waals surface area contributed by atoms with Gasteiger partial charge in [-0.05, 0) is 31.5 Å². The zero-order chi connectivity index (χ0) is 17.0. The van der Waals surface area contributed by atoms with Gasteiger partial charge in [0.1, 0.15) is 0 Å². The van der Waals surface area contributed by atoms with E-state index >= 15 is 0 Å². The summed E-state index contributed by atoms with van der Waals surface area (Å²) >= 11 is 0. The Morgan fingerprint density at radius 1 is 1.25 bits per heavy atom. The van der Waals surface area contributed by atoms with Crippen LogP contribution >= 0.6 is 0 Å². The van der Waals surface area contributed by atoms with Gasteiger partial charge in [-0.1, -0.05) is 23.3 Å². The van der Waals surface area contributed by atoms with E-state index in [2.05, 4.69) is 44.1 Å². The molecule has 1 aromatic rings. The molecule has 2 heterocycles. The number of para-hydroxylation sites is 1. The minimum absolute atomic E-state index is 0.178. The highest BCUT2D eigenvalue weighted by atomic mass is 16.7. The van der Waals surface area contributed by atoms with Gasteiger partial charge in [0.15, 0.2) is 5.79 Å². The molecule has 0 unspecified atom stereocenters. The monoisotopic (exact) mass is 331 g/mol. The Morgan fingerprint density at radius 2 is 1.96 bits per heavy atom. The van der Waals surface area contributed by atoms with E-state index in [1.807, 2.05) is 19.9 Å². The SMILES string of the molecule is CC1(C)OC[C@@H]([C@@H](CN2CCN(c3ccccc3)CC2)N=[N+]=[N-])O1. The fourth-order valence-corrected chi connectivity index (χ4v) is 3.29. The first-order valence-corrected chi connectivity index (χ1v) is 8.46. The molecule has 2 saturated heterocycles. The van der Waals surface area contributed by atoms with Gasteiger partial charge in [-0.3, -0.25) is 4.90 Å². The molecule has 0 radical (unpaired) electrons. The van der Waals surface area contributed by atoms with Gasteiger partial charge in [0.05, 0.1) is 18.8 Å². The van der Waals surface area contributed by atoms with Crippen molar-refractivity contribution in [2.24, 2.45) is 5.11 Å². The number of piperazine rings is 1. The molecule has 24 heavy (non-hydrogen) atoms. The molecule has 130 valence electrons. The van der Waals surface area contributed by atoms with Gasteiger partial charge >= 0.3 is 0 Å². The number of azide groups is 1. The lowest BCUT2D eigenvalue weighted by molar-refractivity contribution is -0.141. The van der Waals surface area contributed by atoms with Gasteiger partial charge < -0.3 is 14.4 Å². The second-order valence-corrected chi connectivity index (χ2v) is 6.76. The van der Waals surface area contributed by atoms with Crippen LogP contribution in [0.4, 0.5) is 5.69 Å². The predicted octanol–water partition coefficient (Wildman–Crippen LogP) is 2.64. The first-order chi connectivity index (χ1) is 11.6. The highest BCUT2D eigenvalue weighted by molar-refractivity contribution is 5.46. The molecule has 0 amide bonds. The van der Waals surface area contributed by atoms with E-state index in [1.54, 1.807) is 0 Å². The molecule has 3 rings (SSSR count). The Balaban J connectivity index is 1.55. The molecule has 7 nitrogen and oxygen atoms in total. The summed E-state index contributed by atoms with van der Waals surface area (Å²) in [5.41, 5.74) is 10.1. The molecule has 0 saturated carbocycles. The van der Waals surface area contributed by atoms with E-state index in [9.17, 15) is 0 Å². The zero-order valence-electron chi connectivity index (χ0n) is 14.3. The number of ether oxygens (including phenoxy) is 2. The molecule has 0 bridgehead atoms. The first-order valence-electron chi connectivity index (χ1n) is 8.46. The molecular weight excluding hydrogens is 306 g/mol. The second-order valence-electron chi connectivity index (χ2n) is 6.76. The van der Waals surface area contributed by atoms with Crippen LogP contribution in [0.3, 0.4) is 0 Å². The molecule has 0 N–H and O–H groups in total. The van der Waals surface area contributed by atoms with Crippen LogP contribution in [-0.2, 0) is 9.47 Å². The zero-order valence-corrected chi connectivity index (χ0v) is 14.3. The van der Waals surface area contributed by atoms with E-state index in [4.69, 9.17) is 15.0 Å². The molecule has 2 aliphatic rings. The van der Waals surface area contributed by atoms with Crippen LogP contribution in [0, 0.1) is 0 Å². The number of rotatable bonds is 5. The fourth-order valence-electron chi connectivity index (χ4n) is 3.29. The molecule has 0 aliphatic carbocycles. The minimum Gasteiger partial charge on any atom is -0.369 e. The minimum atomic E-state index is -0.597. The summed E-state index contributed by atoms with van der Waals surface area (Å²) in [6, 6.07) is 10.2. The van der Waals surface area contributed by atoms with Crippen molar-refractivity contribution < 1.29 is 9.47 Å². The molecule has 7 heteroatoms. The maximum absolute atomic E-state index is 8.88. The third kappa shape index (κ3) is 4.19. The smallest absolute Gasteiger partial charge is 0.163 e. The van der Waals surface area contributed by atoms with Gasteiger partial charge in [-0.2, -0.15) is 0 Å². The Bertz CT molecular complexity index is 580. The number of nitrogens with zero attached hydrogens (tertiary/aromatic N) is 5. The maximum Gasteiger partial charge on any atom is 0.163 e. The van der Waals surface area contributed by atoms with Crippen molar-refractivity contribution >= 4 is 5.69 Å². The quantitative estimate of drug-likeness (QED) is 0.472. The van der Waals surface area contributed by atoms with Crippen LogP contribution in [0.25, 0.3) is 10.4 Å². The summed E-state index contributed by atoms with van der Waals surface area (Å²) in [4.78, 5) is 7.74. The summed E-state index contributed by atoms with van der Waals surface area (Å²) in [5.74, 6) is -0.597. The van der Waals surface area contributed by atoms with Gasteiger partial charge in [-0.15, -0.1) is 0 Å². The van der Waals surface area contributed by atoms with Crippen LogP contribution in [0.15, 0.2) is 35.4 Å². The van der Waals surface area contributed by atoms with E-state index in [0.717, 1.165) is 26.2 Å². The van der Waals surface area contributed by atoms with Crippen molar-refractivity contribution in [3.63, 3.8) is 0 Å². The molecule has 1 aromatic carbocycles. The first kappa shape index (κ1) is 17.0. The Labute approximate surface area is 142 Å². The van der Waals surface area contributed by atoms with E-state index in [0.29, 0.717) is 13.2 Å². The van der Waals surface area contributed by atoms with Crippen LogP contribution in [0.1, 0.15) is 13.8 Å². The van der Waals surface area contributed by atoms with E-state index < -0.39 is 5.79 Å². The normalized spacial score (nSPS) is 25.2. The number of benzene rings is 1. The highest BCUT2D eigenvalue weighted by Crippen LogP contribution is 2.26.